The molecule has 0 heterocycles. The van der Waals surface area contributed by atoms with Gasteiger partial charge in [-0.2, -0.15) is 0 Å². The maximum Gasteiger partial charge on any atom is 0.150 e. The number of aryl methyl sites for hydroxylation is 1. The predicted octanol–water partition coefficient (Wildman–Crippen LogP) is 3.39. The average molecular weight is 361 g/mol. The van der Waals surface area contributed by atoms with Crippen molar-refractivity contribution in [2.24, 2.45) is 5.92 Å². The van der Waals surface area contributed by atoms with Crippen molar-refractivity contribution in [3.05, 3.63) is 33.8 Å². The Kier molecular flexibility index (Phi) is 4.92. The van der Waals surface area contributed by atoms with Gasteiger partial charge in [-0.3, -0.25) is 0 Å². The van der Waals surface area contributed by atoms with Crippen molar-refractivity contribution in [2.75, 3.05) is 6.26 Å². The first kappa shape index (κ1) is 16.0. The van der Waals surface area contributed by atoms with Crippen molar-refractivity contribution in [3.8, 4) is 0 Å². The summed E-state index contributed by atoms with van der Waals surface area (Å²) in [6.45, 7) is 1.97. The third kappa shape index (κ3) is 3.62. The van der Waals surface area contributed by atoms with Crippen molar-refractivity contribution in [3.63, 3.8) is 0 Å². The van der Waals surface area contributed by atoms with E-state index in [1.807, 2.05) is 25.1 Å². The molecule has 1 N–H and O–H groups in total. The second kappa shape index (κ2) is 6.16. The Bertz CT molecular complexity index is 583. The van der Waals surface area contributed by atoms with Crippen LogP contribution < -0.4 is 0 Å². The lowest BCUT2D eigenvalue weighted by molar-refractivity contribution is 0.0851. The molecule has 1 fully saturated rings. The smallest absolute Gasteiger partial charge is 0.150 e. The van der Waals surface area contributed by atoms with Crippen LogP contribution in [0, 0.1) is 12.8 Å². The lowest BCUT2D eigenvalue weighted by atomic mass is 9.81. The largest absolute Gasteiger partial charge is 0.388 e. The molecule has 1 aromatic carbocycles. The van der Waals surface area contributed by atoms with Gasteiger partial charge in [0.2, 0.25) is 0 Å². The molecule has 3 unspecified atom stereocenters. The van der Waals surface area contributed by atoms with E-state index >= 15 is 0 Å². The molecular formula is C15H21BrO3S. The van der Waals surface area contributed by atoms with Crippen LogP contribution >= 0.6 is 15.9 Å². The van der Waals surface area contributed by atoms with Gasteiger partial charge < -0.3 is 5.11 Å². The highest BCUT2D eigenvalue weighted by atomic mass is 79.9. The third-order valence-corrected chi connectivity index (χ3v) is 6.41. The number of hydrogen-bond acceptors (Lipinski definition) is 3. The molecule has 0 aliphatic heterocycles. The van der Waals surface area contributed by atoms with Gasteiger partial charge in [0.15, 0.2) is 0 Å². The molecule has 0 bridgehead atoms. The second-order valence-corrected chi connectivity index (χ2v) is 9.07. The van der Waals surface area contributed by atoms with E-state index in [0.29, 0.717) is 6.42 Å². The van der Waals surface area contributed by atoms with E-state index in [9.17, 15) is 13.5 Å². The van der Waals surface area contributed by atoms with Gasteiger partial charge in [-0.05, 0) is 55.4 Å². The molecule has 3 nitrogen and oxygen atoms in total. The molecule has 1 saturated carbocycles. The maximum atomic E-state index is 11.7. The molecule has 20 heavy (non-hydrogen) atoms. The lowest BCUT2D eigenvalue weighted by Gasteiger charge is -2.32. The molecule has 0 radical (unpaired) electrons. The first-order valence-electron chi connectivity index (χ1n) is 6.92. The van der Waals surface area contributed by atoms with Gasteiger partial charge in [-0.15, -0.1) is 0 Å². The van der Waals surface area contributed by atoms with E-state index in [2.05, 4.69) is 15.9 Å². The molecule has 5 heteroatoms. The zero-order chi connectivity index (χ0) is 14.9. The predicted molar refractivity (Wildman–Crippen MR) is 84.4 cm³/mol. The summed E-state index contributed by atoms with van der Waals surface area (Å²) in [5.41, 5.74) is 1.95. The Morgan fingerprint density at radius 2 is 2.05 bits per heavy atom. The van der Waals surface area contributed by atoms with Crippen LogP contribution in [-0.4, -0.2) is 25.0 Å². The highest BCUT2D eigenvalue weighted by Gasteiger charge is 2.33. The molecule has 1 aromatic rings. The molecule has 2 rings (SSSR count). The number of aliphatic hydroxyl groups excluding tert-OH is 1. The Morgan fingerprint density at radius 1 is 1.35 bits per heavy atom. The first-order chi connectivity index (χ1) is 9.29. The van der Waals surface area contributed by atoms with E-state index < -0.39 is 15.9 Å². The normalized spacial score (nSPS) is 25.4. The van der Waals surface area contributed by atoms with Crippen LogP contribution in [0.5, 0.6) is 0 Å². The van der Waals surface area contributed by atoms with Crippen molar-refractivity contribution in [1.82, 2.24) is 0 Å². The minimum atomic E-state index is -3.01. The lowest BCUT2D eigenvalue weighted by Crippen LogP contribution is -2.30. The molecule has 1 aliphatic rings. The van der Waals surface area contributed by atoms with Gasteiger partial charge in [0.1, 0.15) is 9.84 Å². The minimum Gasteiger partial charge on any atom is -0.388 e. The van der Waals surface area contributed by atoms with Gasteiger partial charge in [-0.25, -0.2) is 8.42 Å². The van der Waals surface area contributed by atoms with E-state index in [4.69, 9.17) is 0 Å². The standard InChI is InChI=1S/C15H21BrO3S/c1-10-6-7-12(16)9-14(10)15(17)11-4-3-5-13(8-11)20(2,18)19/h6-7,9,11,13,15,17H,3-5,8H2,1-2H3. The molecule has 0 saturated heterocycles. The Morgan fingerprint density at radius 3 is 2.70 bits per heavy atom. The summed E-state index contributed by atoms with van der Waals surface area (Å²) < 4.78 is 24.4. The van der Waals surface area contributed by atoms with Crippen LogP contribution in [0.2, 0.25) is 0 Å². The first-order valence-corrected chi connectivity index (χ1v) is 9.67. The number of halogens is 1. The maximum absolute atomic E-state index is 11.7. The van der Waals surface area contributed by atoms with E-state index in [1.54, 1.807) is 0 Å². The molecule has 0 amide bonds. The van der Waals surface area contributed by atoms with Crippen LogP contribution in [0.3, 0.4) is 0 Å². The van der Waals surface area contributed by atoms with Crippen LogP contribution in [0.25, 0.3) is 0 Å². The SMILES string of the molecule is Cc1ccc(Br)cc1C(O)C1CCCC(S(C)(=O)=O)C1. The van der Waals surface area contributed by atoms with Crippen LogP contribution in [0.15, 0.2) is 22.7 Å². The zero-order valence-corrected chi connectivity index (χ0v) is 14.2. The Balaban J connectivity index is 2.20. The van der Waals surface area contributed by atoms with Crippen molar-refractivity contribution < 1.29 is 13.5 Å². The van der Waals surface area contributed by atoms with Crippen LogP contribution in [-0.2, 0) is 9.84 Å². The topological polar surface area (TPSA) is 54.4 Å². The number of hydrogen-bond donors (Lipinski definition) is 1. The molecule has 3 atom stereocenters. The van der Waals surface area contributed by atoms with Gasteiger partial charge in [0.25, 0.3) is 0 Å². The van der Waals surface area contributed by atoms with Crippen molar-refractivity contribution in [1.29, 1.82) is 0 Å². The quantitative estimate of drug-likeness (QED) is 0.898. The fourth-order valence-corrected chi connectivity index (χ4v) is 4.61. The minimum absolute atomic E-state index is 0.0245. The number of sulfone groups is 1. The van der Waals surface area contributed by atoms with Crippen molar-refractivity contribution in [2.45, 2.75) is 44.0 Å². The fourth-order valence-electron chi connectivity index (χ4n) is 3.04. The average Bonchev–Trinajstić information content (AvgIpc) is 2.40. The van der Waals surface area contributed by atoms with Crippen LogP contribution in [0.4, 0.5) is 0 Å². The van der Waals surface area contributed by atoms with Gasteiger partial charge in [0.05, 0.1) is 11.4 Å². The molecule has 112 valence electrons. The summed E-state index contributed by atoms with van der Waals surface area (Å²) in [5, 5.41) is 10.3. The molecule has 0 aromatic heterocycles. The summed E-state index contributed by atoms with van der Waals surface area (Å²) in [5.74, 6) is 0.0245. The summed E-state index contributed by atoms with van der Waals surface area (Å²) >= 11 is 3.43. The molecule has 1 aliphatic carbocycles. The van der Waals surface area contributed by atoms with Gasteiger partial charge in [-0.1, -0.05) is 28.4 Å². The monoisotopic (exact) mass is 360 g/mol. The Hall–Kier alpha value is -0.390. The van der Waals surface area contributed by atoms with E-state index in [1.165, 1.54) is 6.26 Å². The highest BCUT2D eigenvalue weighted by molar-refractivity contribution is 9.10. The fraction of sp³-hybridized carbons (Fsp3) is 0.600. The summed E-state index contributed by atoms with van der Waals surface area (Å²) in [4.78, 5) is 0. The summed E-state index contributed by atoms with van der Waals surface area (Å²) in [6, 6.07) is 5.86. The summed E-state index contributed by atoms with van der Waals surface area (Å²) in [7, 11) is -3.01. The second-order valence-electron chi connectivity index (χ2n) is 5.82. The van der Waals surface area contributed by atoms with Gasteiger partial charge in [0, 0.05) is 10.7 Å². The zero-order valence-electron chi connectivity index (χ0n) is 11.8. The molecular weight excluding hydrogens is 340 g/mol. The molecule has 0 spiro atoms. The van der Waals surface area contributed by atoms with E-state index in [0.717, 1.165) is 34.9 Å². The Labute approximate surface area is 129 Å². The van der Waals surface area contributed by atoms with Gasteiger partial charge >= 0.3 is 0 Å². The number of aliphatic hydroxyl groups is 1. The number of benzene rings is 1. The highest BCUT2D eigenvalue weighted by Crippen LogP contribution is 2.38. The summed E-state index contributed by atoms with van der Waals surface area (Å²) in [6.07, 6.45) is 3.76. The van der Waals surface area contributed by atoms with E-state index in [-0.39, 0.29) is 11.2 Å². The third-order valence-electron chi connectivity index (χ3n) is 4.28. The van der Waals surface area contributed by atoms with Crippen LogP contribution in [0.1, 0.15) is 42.9 Å². The van der Waals surface area contributed by atoms with Crippen molar-refractivity contribution >= 4 is 25.8 Å². The number of rotatable bonds is 3.